The fourth-order valence-electron chi connectivity index (χ4n) is 0.732. The fourth-order valence-corrected chi connectivity index (χ4v) is 0.732. The number of hydrogen-bond acceptors (Lipinski definition) is 1. The van der Waals surface area contributed by atoms with Gasteiger partial charge in [-0.25, -0.2) is 0 Å². The average molecular weight is 112 g/mol. The van der Waals surface area contributed by atoms with E-state index < -0.39 is 0 Å². The van der Waals surface area contributed by atoms with Crippen molar-refractivity contribution in [1.29, 1.82) is 0 Å². The van der Waals surface area contributed by atoms with Gasteiger partial charge in [-0.2, -0.15) is 5.10 Å². The molecule has 0 amide bonds. The zero-order valence-electron chi connectivity index (χ0n) is 5.23. The largest absolute Gasteiger partial charge is 0.283 e. The topological polar surface area (TPSA) is 28.7 Å². The van der Waals surface area contributed by atoms with Gasteiger partial charge in [-0.15, -0.1) is 0 Å². The minimum Gasteiger partial charge on any atom is -0.283 e. The second kappa shape index (κ2) is 1.99. The molecule has 1 aromatic heterocycles. The molecule has 0 aromatic carbocycles. The van der Waals surface area contributed by atoms with Gasteiger partial charge in [0.1, 0.15) is 0 Å². The number of nitrogens with one attached hydrogen (secondary N) is 1. The van der Waals surface area contributed by atoms with E-state index in [0.29, 0.717) is 0 Å². The third-order valence-electron chi connectivity index (χ3n) is 1.32. The van der Waals surface area contributed by atoms with Crippen LogP contribution in [0.1, 0.15) is 19.6 Å². The first-order valence-electron chi connectivity index (χ1n) is 2.83. The molecule has 1 N–H and O–H groups in total. The number of hydrogen-bond donors (Lipinski definition) is 1. The van der Waals surface area contributed by atoms with Crippen molar-refractivity contribution < 1.29 is 1.43 Å². The second-order valence-electron chi connectivity index (χ2n) is 1.87. The third-order valence-corrected chi connectivity index (χ3v) is 1.32. The van der Waals surface area contributed by atoms with E-state index in [2.05, 4.69) is 17.1 Å². The molecule has 2 nitrogen and oxygen atoms in total. The molecule has 0 aliphatic rings. The van der Waals surface area contributed by atoms with Gasteiger partial charge in [0.05, 0.1) is 6.20 Å². The van der Waals surface area contributed by atoms with Crippen LogP contribution in [0.5, 0.6) is 0 Å². The predicted octanol–water partition coefficient (Wildman–Crippen LogP) is 1.53. The Labute approximate surface area is 50.4 Å². The van der Waals surface area contributed by atoms with Crippen LogP contribution in [0.2, 0.25) is 0 Å². The van der Waals surface area contributed by atoms with E-state index in [4.69, 9.17) is 0 Å². The molecule has 0 saturated carbocycles. The summed E-state index contributed by atoms with van der Waals surface area (Å²) in [5, 5.41) is 6.74. The van der Waals surface area contributed by atoms with Gasteiger partial charge in [-0.1, -0.05) is 6.92 Å². The molecule has 0 atom stereocenters. The summed E-state index contributed by atoms with van der Waals surface area (Å²) in [7, 11) is 0. The molecule has 0 bridgehead atoms. The van der Waals surface area contributed by atoms with Gasteiger partial charge in [-0.3, -0.25) is 5.10 Å². The Balaban J connectivity index is 0.000000640. The van der Waals surface area contributed by atoms with Crippen molar-refractivity contribution in [2.45, 2.75) is 20.3 Å². The maximum absolute atomic E-state index is 3.87. The molecule has 0 spiro atoms. The van der Waals surface area contributed by atoms with Crippen molar-refractivity contribution in [1.82, 2.24) is 10.2 Å². The highest BCUT2D eigenvalue weighted by molar-refractivity contribution is 5.13. The zero-order chi connectivity index (χ0) is 5.98. The SMILES string of the molecule is CCc1cn[nH]c1C.[HH]. The molecule has 0 aliphatic heterocycles. The van der Waals surface area contributed by atoms with Crippen molar-refractivity contribution >= 4 is 0 Å². The van der Waals surface area contributed by atoms with Crippen LogP contribution in [0.15, 0.2) is 6.20 Å². The van der Waals surface area contributed by atoms with Gasteiger partial charge >= 0.3 is 0 Å². The Morgan fingerprint density at radius 2 is 2.62 bits per heavy atom. The zero-order valence-corrected chi connectivity index (χ0v) is 5.23. The minimum atomic E-state index is 0. The maximum Gasteiger partial charge on any atom is 0.0521 e. The van der Waals surface area contributed by atoms with Gasteiger partial charge < -0.3 is 0 Å². The number of aromatic nitrogens is 2. The number of rotatable bonds is 1. The average Bonchev–Trinajstić information content (AvgIpc) is 2.14. The van der Waals surface area contributed by atoms with Crippen LogP contribution >= 0.6 is 0 Å². The molecule has 0 radical (unpaired) electrons. The van der Waals surface area contributed by atoms with Crippen molar-refractivity contribution in [3.63, 3.8) is 0 Å². The van der Waals surface area contributed by atoms with E-state index in [0.717, 1.165) is 6.42 Å². The van der Waals surface area contributed by atoms with Gasteiger partial charge in [0.25, 0.3) is 0 Å². The summed E-state index contributed by atoms with van der Waals surface area (Å²) in [6.07, 6.45) is 2.94. The first-order valence-corrected chi connectivity index (χ1v) is 2.83. The quantitative estimate of drug-likeness (QED) is 0.586. The van der Waals surface area contributed by atoms with Crippen molar-refractivity contribution in [2.24, 2.45) is 0 Å². The van der Waals surface area contributed by atoms with Gasteiger partial charge in [0, 0.05) is 7.12 Å². The Morgan fingerprint density at radius 3 is 2.88 bits per heavy atom. The van der Waals surface area contributed by atoms with E-state index in [9.17, 15) is 0 Å². The molecule has 8 heavy (non-hydrogen) atoms. The van der Waals surface area contributed by atoms with Crippen LogP contribution in [0.3, 0.4) is 0 Å². The lowest BCUT2D eigenvalue weighted by Gasteiger charge is -1.86. The Hall–Kier alpha value is -0.790. The van der Waals surface area contributed by atoms with Crippen molar-refractivity contribution in [3.8, 4) is 0 Å². The van der Waals surface area contributed by atoms with E-state index in [1.807, 2.05) is 13.1 Å². The van der Waals surface area contributed by atoms with Crippen molar-refractivity contribution in [2.75, 3.05) is 0 Å². The summed E-state index contributed by atoms with van der Waals surface area (Å²) >= 11 is 0. The van der Waals surface area contributed by atoms with Crippen LogP contribution in [0.25, 0.3) is 0 Å². The van der Waals surface area contributed by atoms with Gasteiger partial charge in [-0.05, 0) is 18.9 Å². The van der Waals surface area contributed by atoms with E-state index in [-0.39, 0.29) is 1.43 Å². The molecule has 2 heteroatoms. The van der Waals surface area contributed by atoms with Gasteiger partial charge in [0.2, 0.25) is 0 Å². The molecule has 0 fully saturated rings. The summed E-state index contributed by atoms with van der Waals surface area (Å²) in [6.45, 7) is 4.16. The molecule has 46 valence electrons. The molecule has 1 heterocycles. The number of nitrogens with zero attached hydrogens (tertiary/aromatic N) is 1. The minimum absolute atomic E-state index is 0. The standard InChI is InChI=1S/C6H10N2.H2/c1-3-6-4-7-8-5(6)2;/h4H,3H2,1-2H3,(H,7,8);1H. The predicted molar refractivity (Wildman–Crippen MR) is 34.8 cm³/mol. The lowest BCUT2D eigenvalue weighted by Crippen LogP contribution is -1.78. The van der Waals surface area contributed by atoms with Gasteiger partial charge in [0.15, 0.2) is 0 Å². The lowest BCUT2D eigenvalue weighted by atomic mass is 10.2. The smallest absolute Gasteiger partial charge is 0.0521 e. The first-order chi connectivity index (χ1) is 3.84. The highest BCUT2D eigenvalue weighted by Crippen LogP contribution is 2.01. The van der Waals surface area contributed by atoms with Crippen LogP contribution in [0, 0.1) is 6.92 Å². The summed E-state index contributed by atoms with van der Waals surface area (Å²) in [5.74, 6) is 0. The number of H-pyrrole nitrogens is 1. The normalized spacial score (nSPS) is 9.75. The highest BCUT2D eigenvalue weighted by atomic mass is 15.1. The third kappa shape index (κ3) is 0.735. The lowest BCUT2D eigenvalue weighted by molar-refractivity contribution is 1.04. The molecule has 0 saturated heterocycles. The molecule has 0 aliphatic carbocycles. The molecular formula is C6H12N2. The van der Waals surface area contributed by atoms with Crippen molar-refractivity contribution in [3.05, 3.63) is 17.5 Å². The van der Waals surface area contributed by atoms with Crippen LogP contribution < -0.4 is 0 Å². The molecule has 0 unspecified atom stereocenters. The molecule has 1 aromatic rings. The summed E-state index contributed by atoms with van der Waals surface area (Å²) in [6, 6.07) is 0. The van der Waals surface area contributed by atoms with E-state index in [1.165, 1.54) is 11.3 Å². The van der Waals surface area contributed by atoms with Crippen LogP contribution in [-0.4, -0.2) is 10.2 Å². The van der Waals surface area contributed by atoms with Crippen LogP contribution in [0.4, 0.5) is 0 Å². The van der Waals surface area contributed by atoms with E-state index >= 15 is 0 Å². The van der Waals surface area contributed by atoms with Crippen LogP contribution in [-0.2, 0) is 6.42 Å². The number of aromatic amines is 1. The highest BCUT2D eigenvalue weighted by Gasteiger charge is 1.92. The summed E-state index contributed by atoms with van der Waals surface area (Å²) in [5.41, 5.74) is 2.50. The fraction of sp³-hybridized carbons (Fsp3) is 0.500. The Kier molecular flexibility index (Phi) is 1.33. The second-order valence-corrected chi connectivity index (χ2v) is 1.87. The van der Waals surface area contributed by atoms with E-state index in [1.54, 1.807) is 0 Å². The Bertz CT molecular complexity index is 171. The summed E-state index contributed by atoms with van der Waals surface area (Å²) in [4.78, 5) is 0. The summed E-state index contributed by atoms with van der Waals surface area (Å²) < 4.78 is 0. The first kappa shape index (κ1) is 5.35. The molecule has 1 rings (SSSR count). The maximum atomic E-state index is 3.87. The molecular weight excluding hydrogens is 100 g/mol. The monoisotopic (exact) mass is 112 g/mol. The number of aryl methyl sites for hydroxylation is 2. The Morgan fingerprint density at radius 1 is 1.88 bits per heavy atom.